The van der Waals surface area contributed by atoms with Gasteiger partial charge in [0.2, 0.25) is 0 Å². The zero-order valence-corrected chi connectivity index (χ0v) is 16.9. The summed E-state index contributed by atoms with van der Waals surface area (Å²) in [6, 6.07) is 6.99. The largest absolute Gasteiger partial charge is 0.478 e. The number of H-pyrrole nitrogens is 1. The van der Waals surface area contributed by atoms with Crippen LogP contribution in [0.2, 0.25) is 0 Å². The number of carboxylic acid groups (broad SMARTS) is 1. The predicted molar refractivity (Wildman–Crippen MR) is 112 cm³/mol. The Kier molecular flexibility index (Phi) is 5.24. The number of rotatable bonds is 6. The fourth-order valence-corrected chi connectivity index (χ4v) is 3.54. The SMILES string of the molecule is CCC(NC(=O)c1cncc2c1cnn2-c1ccc(F)cc1)c1cc(C(=O)O)c(C)[nH]1. The summed E-state index contributed by atoms with van der Waals surface area (Å²) in [5.74, 6) is -1.73. The molecule has 8 nitrogen and oxygen atoms in total. The Hall–Kier alpha value is -4.01. The number of aromatic amines is 1. The predicted octanol–water partition coefficient (Wildman–Crippen LogP) is 3.78. The summed E-state index contributed by atoms with van der Waals surface area (Å²) in [6.45, 7) is 3.57. The number of carboxylic acids is 1. The lowest BCUT2D eigenvalue weighted by molar-refractivity contribution is 0.0696. The Labute approximate surface area is 176 Å². The van der Waals surface area contributed by atoms with Crippen LogP contribution in [0, 0.1) is 12.7 Å². The molecular formula is C22H20FN5O3. The third-order valence-corrected chi connectivity index (χ3v) is 5.17. The van der Waals surface area contributed by atoms with Gasteiger partial charge < -0.3 is 15.4 Å². The van der Waals surface area contributed by atoms with E-state index in [1.165, 1.54) is 24.4 Å². The first kappa shape index (κ1) is 20.3. The van der Waals surface area contributed by atoms with Crippen molar-refractivity contribution in [2.24, 2.45) is 0 Å². The Balaban J connectivity index is 1.65. The molecular weight excluding hydrogens is 401 g/mol. The highest BCUT2D eigenvalue weighted by molar-refractivity contribution is 6.06. The van der Waals surface area contributed by atoms with Gasteiger partial charge in [0.15, 0.2) is 0 Å². The van der Waals surface area contributed by atoms with Crippen LogP contribution in [0.5, 0.6) is 0 Å². The Morgan fingerprint density at radius 3 is 2.58 bits per heavy atom. The smallest absolute Gasteiger partial charge is 0.337 e. The van der Waals surface area contributed by atoms with E-state index in [1.54, 1.807) is 36.1 Å². The molecule has 3 N–H and O–H groups in total. The van der Waals surface area contributed by atoms with E-state index in [2.05, 4.69) is 20.4 Å². The molecule has 31 heavy (non-hydrogen) atoms. The average Bonchev–Trinajstić information content (AvgIpc) is 3.36. The lowest BCUT2D eigenvalue weighted by Gasteiger charge is -2.16. The average molecular weight is 421 g/mol. The summed E-state index contributed by atoms with van der Waals surface area (Å²) in [5, 5.41) is 17.1. The maximum absolute atomic E-state index is 13.2. The number of aryl methyl sites for hydroxylation is 1. The van der Waals surface area contributed by atoms with E-state index in [0.717, 1.165) is 0 Å². The summed E-state index contributed by atoms with van der Waals surface area (Å²) >= 11 is 0. The zero-order valence-electron chi connectivity index (χ0n) is 16.9. The second-order valence-corrected chi connectivity index (χ2v) is 7.16. The van der Waals surface area contributed by atoms with Gasteiger partial charge >= 0.3 is 5.97 Å². The fourth-order valence-electron chi connectivity index (χ4n) is 3.54. The van der Waals surface area contributed by atoms with Gasteiger partial charge in [0.05, 0.1) is 40.8 Å². The molecule has 4 rings (SSSR count). The molecule has 1 aromatic carbocycles. The Morgan fingerprint density at radius 1 is 1.19 bits per heavy atom. The van der Waals surface area contributed by atoms with Gasteiger partial charge in [0, 0.05) is 23.0 Å². The van der Waals surface area contributed by atoms with E-state index in [-0.39, 0.29) is 17.3 Å². The van der Waals surface area contributed by atoms with Crippen molar-refractivity contribution in [3.63, 3.8) is 0 Å². The van der Waals surface area contributed by atoms with Crippen molar-refractivity contribution in [1.29, 1.82) is 0 Å². The van der Waals surface area contributed by atoms with E-state index in [9.17, 15) is 19.1 Å². The first-order valence-corrected chi connectivity index (χ1v) is 9.70. The van der Waals surface area contributed by atoms with Gasteiger partial charge in [-0.1, -0.05) is 6.92 Å². The summed E-state index contributed by atoms with van der Waals surface area (Å²) < 4.78 is 14.8. The highest BCUT2D eigenvalue weighted by Gasteiger charge is 2.21. The number of hydrogen-bond donors (Lipinski definition) is 3. The van der Waals surface area contributed by atoms with E-state index < -0.39 is 12.0 Å². The molecule has 1 atom stereocenters. The zero-order chi connectivity index (χ0) is 22.1. The van der Waals surface area contributed by atoms with Crippen molar-refractivity contribution in [2.75, 3.05) is 0 Å². The highest BCUT2D eigenvalue weighted by Crippen LogP contribution is 2.24. The van der Waals surface area contributed by atoms with Gasteiger partial charge in [-0.3, -0.25) is 9.78 Å². The van der Waals surface area contributed by atoms with Gasteiger partial charge in [-0.25, -0.2) is 13.9 Å². The normalized spacial score (nSPS) is 12.1. The van der Waals surface area contributed by atoms with Crippen LogP contribution in [0.1, 0.15) is 51.5 Å². The maximum Gasteiger partial charge on any atom is 0.337 e. The molecule has 4 aromatic rings. The topological polar surface area (TPSA) is 113 Å². The summed E-state index contributed by atoms with van der Waals surface area (Å²) in [6.07, 6.45) is 5.18. The molecule has 0 fully saturated rings. The Morgan fingerprint density at radius 2 is 1.94 bits per heavy atom. The number of aromatic carboxylic acids is 1. The molecule has 3 aromatic heterocycles. The first-order valence-electron chi connectivity index (χ1n) is 9.70. The summed E-state index contributed by atoms with van der Waals surface area (Å²) in [7, 11) is 0. The monoisotopic (exact) mass is 421 g/mol. The lowest BCUT2D eigenvalue weighted by atomic mass is 10.1. The van der Waals surface area contributed by atoms with Gasteiger partial charge in [0.25, 0.3) is 5.91 Å². The van der Waals surface area contributed by atoms with Crippen LogP contribution in [0.3, 0.4) is 0 Å². The summed E-state index contributed by atoms with van der Waals surface area (Å²) in [4.78, 5) is 31.6. The number of amides is 1. The lowest BCUT2D eigenvalue weighted by Crippen LogP contribution is -2.28. The molecule has 9 heteroatoms. The second kappa shape index (κ2) is 8.02. The van der Waals surface area contributed by atoms with Crippen molar-refractivity contribution in [1.82, 2.24) is 25.1 Å². The number of carbonyl (C=O) groups excluding carboxylic acids is 1. The van der Waals surface area contributed by atoms with E-state index in [1.807, 2.05) is 6.92 Å². The number of benzene rings is 1. The highest BCUT2D eigenvalue weighted by atomic mass is 19.1. The number of hydrogen-bond acceptors (Lipinski definition) is 4. The van der Waals surface area contributed by atoms with Crippen LogP contribution in [0.15, 0.2) is 48.9 Å². The van der Waals surface area contributed by atoms with Crippen LogP contribution in [-0.2, 0) is 0 Å². The van der Waals surface area contributed by atoms with Crippen molar-refractivity contribution in [3.05, 3.63) is 77.3 Å². The first-order chi connectivity index (χ1) is 14.9. The van der Waals surface area contributed by atoms with Gasteiger partial charge in [-0.15, -0.1) is 0 Å². The molecule has 0 bridgehead atoms. The number of fused-ring (bicyclic) bond motifs is 1. The number of pyridine rings is 1. The molecule has 0 radical (unpaired) electrons. The molecule has 0 saturated carbocycles. The quantitative estimate of drug-likeness (QED) is 0.439. The number of halogens is 1. The minimum absolute atomic E-state index is 0.173. The molecule has 1 unspecified atom stereocenters. The minimum atomic E-state index is -1.02. The molecule has 0 aliphatic rings. The molecule has 0 saturated heterocycles. The van der Waals surface area contributed by atoms with Crippen LogP contribution in [0.25, 0.3) is 16.6 Å². The maximum atomic E-state index is 13.2. The van der Waals surface area contributed by atoms with Crippen LogP contribution in [-0.4, -0.2) is 36.7 Å². The standard InChI is InChI=1S/C22H20FN5O3/c1-3-18(19-8-15(22(30)31)12(2)26-19)27-21(29)17-9-24-11-20-16(17)10-25-28(20)14-6-4-13(23)5-7-14/h4-11,18,26H,3H2,1-2H3,(H,27,29)(H,30,31). The third kappa shape index (κ3) is 3.77. The van der Waals surface area contributed by atoms with Gasteiger partial charge in [0.1, 0.15) is 5.82 Å². The summed E-state index contributed by atoms with van der Waals surface area (Å²) in [5.41, 5.74) is 2.91. The molecule has 158 valence electrons. The fraction of sp³-hybridized carbons (Fsp3) is 0.182. The third-order valence-electron chi connectivity index (χ3n) is 5.17. The second-order valence-electron chi connectivity index (χ2n) is 7.16. The number of aromatic nitrogens is 4. The van der Waals surface area contributed by atoms with Crippen LogP contribution in [0.4, 0.5) is 4.39 Å². The Bertz CT molecular complexity index is 1280. The van der Waals surface area contributed by atoms with Gasteiger partial charge in [-0.2, -0.15) is 5.10 Å². The molecule has 0 spiro atoms. The van der Waals surface area contributed by atoms with Crippen molar-refractivity contribution in [2.45, 2.75) is 26.3 Å². The number of carbonyl (C=O) groups is 2. The number of nitrogens with one attached hydrogen (secondary N) is 2. The van der Waals surface area contributed by atoms with Crippen molar-refractivity contribution in [3.8, 4) is 5.69 Å². The molecule has 1 amide bonds. The van der Waals surface area contributed by atoms with E-state index in [0.29, 0.717) is 40.0 Å². The van der Waals surface area contributed by atoms with E-state index in [4.69, 9.17) is 0 Å². The van der Waals surface area contributed by atoms with E-state index >= 15 is 0 Å². The van der Waals surface area contributed by atoms with Crippen LogP contribution >= 0.6 is 0 Å². The molecule has 3 heterocycles. The van der Waals surface area contributed by atoms with Gasteiger partial charge in [-0.05, 0) is 43.7 Å². The minimum Gasteiger partial charge on any atom is -0.478 e. The molecule has 0 aliphatic carbocycles. The van der Waals surface area contributed by atoms with Crippen molar-refractivity contribution >= 4 is 22.8 Å². The molecule has 0 aliphatic heterocycles. The number of nitrogens with zero attached hydrogens (tertiary/aromatic N) is 3. The van der Waals surface area contributed by atoms with Crippen LogP contribution < -0.4 is 5.32 Å². The van der Waals surface area contributed by atoms with Crippen molar-refractivity contribution < 1.29 is 19.1 Å².